The second-order valence-electron chi connectivity index (χ2n) is 14.5. The van der Waals surface area contributed by atoms with Gasteiger partial charge in [0.1, 0.15) is 24.0 Å². The lowest BCUT2D eigenvalue weighted by Gasteiger charge is -2.42. The van der Waals surface area contributed by atoms with E-state index in [1.165, 1.54) is 9.80 Å². The minimum atomic E-state index is -0.829. The van der Waals surface area contributed by atoms with Crippen LogP contribution in [0.2, 0.25) is 0 Å². The summed E-state index contributed by atoms with van der Waals surface area (Å²) >= 11 is 0. The molecule has 1 unspecified atom stereocenters. The normalized spacial score (nSPS) is 15.8. The molecule has 3 atom stereocenters. The standard InChI is InChI=1S/C39H49F2N5O6/c1-25-17-35(50)45(38(25)52)16-8-11-30(48)13-15-34(49)43-29(20-42)23-46(36(51)24-47)37(39(2,3)4)33-18-27(31-19-28(40)12-14-32(31)41)22-44(33)21-26-9-6-5-7-10-26/h5-7,9-10,12,14,18-19,22,25,29,37,47H,8,11,13,15-17,20-21,23-24,42H2,1-4H3,(H,43,49)/t25?,29-,37-/m0/s1. The Morgan fingerprint density at radius 3 is 2.37 bits per heavy atom. The molecule has 3 aromatic rings. The molecule has 4 amide bonds. The molecule has 1 aromatic heterocycles. The molecule has 280 valence electrons. The van der Waals surface area contributed by atoms with Crippen LogP contribution in [0.15, 0.2) is 60.8 Å². The minimum Gasteiger partial charge on any atom is -0.387 e. The highest BCUT2D eigenvalue weighted by atomic mass is 19.1. The van der Waals surface area contributed by atoms with Crippen molar-refractivity contribution in [3.05, 3.63) is 83.7 Å². The molecule has 1 saturated heterocycles. The van der Waals surface area contributed by atoms with E-state index in [0.29, 0.717) is 24.2 Å². The highest BCUT2D eigenvalue weighted by Gasteiger charge is 2.38. The van der Waals surface area contributed by atoms with Gasteiger partial charge in [-0.3, -0.25) is 28.9 Å². The molecule has 0 spiro atoms. The predicted molar refractivity (Wildman–Crippen MR) is 191 cm³/mol. The number of hydrogen-bond donors (Lipinski definition) is 3. The van der Waals surface area contributed by atoms with Crippen molar-refractivity contribution >= 4 is 29.4 Å². The Hall–Kier alpha value is -4.75. The fourth-order valence-corrected chi connectivity index (χ4v) is 6.67. The smallest absolute Gasteiger partial charge is 0.248 e. The summed E-state index contributed by atoms with van der Waals surface area (Å²) in [7, 11) is 0. The largest absolute Gasteiger partial charge is 0.387 e. The Morgan fingerprint density at radius 2 is 1.75 bits per heavy atom. The number of likely N-dealkylation sites (tertiary alicyclic amines) is 1. The van der Waals surface area contributed by atoms with Crippen LogP contribution >= 0.6 is 0 Å². The van der Waals surface area contributed by atoms with Gasteiger partial charge in [0.15, 0.2) is 0 Å². The van der Waals surface area contributed by atoms with Crippen molar-refractivity contribution in [3.63, 3.8) is 0 Å². The van der Waals surface area contributed by atoms with Crippen molar-refractivity contribution in [3.8, 4) is 11.1 Å². The summed E-state index contributed by atoms with van der Waals surface area (Å²) in [6.07, 6.45) is 2.10. The molecule has 1 fully saturated rings. The number of rotatable bonds is 17. The molecule has 52 heavy (non-hydrogen) atoms. The van der Waals surface area contributed by atoms with Crippen LogP contribution in [0.5, 0.6) is 0 Å². The van der Waals surface area contributed by atoms with Gasteiger partial charge in [0, 0.05) is 80.8 Å². The van der Waals surface area contributed by atoms with E-state index in [1.807, 2.05) is 55.7 Å². The van der Waals surface area contributed by atoms with E-state index >= 15 is 4.39 Å². The number of aromatic nitrogens is 1. The SMILES string of the molecule is CC1CC(=O)N(CCCC(=O)CCC(=O)N[C@@H](CN)CN(C(=O)CO)[C@@H](c2cc(-c3cc(F)ccc3F)cn2Cc2ccccc2)C(C)(C)C)C1=O. The first-order valence-corrected chi connectivity index (χ1v) is 17.6. The number of carbonyl (C=O) groups is 5. The van der Waals surface area contributed by atoms with Gasteiger partial charge < -0.3 is 25.6 Å². The third-order valence-corrected chi connectivity index (χ3v) is 9.24. The first kappa shape index (κ1) is 40.0. The molecule has 2 aromatic carbocycles. The van der Waals surface area contributed by atoms with E-state index in [4.69, 9.17) is 5.73 Å². The van der Waals surface area contributed by atoms with Gasteiger partial charge in [-0.1, -0.05) is 58.0 Å². The zero-order valence-electron chi connectivity index (χ0n) is 30.2. The average Bonchev–Trinajstić information content (AvgIpc) is 3.61. The van der Waals surface area contributed by atoms with Crippen LogP contribution in [0.25, 0.3) is 11.1 Å². The lowest BCUT2D eigenvalue weighted by Crippen LogP contribution is -2.53. The molecule has 0 aliphatic carbocycles. The zero-order chi connectivity index (χ0) is 38.2. The Kier molecular flexibility index (Phi) is 13.6. The fraction of sp³-hybridized carbons (Fsp3) is 0.462. The first-order chi connectivity index (χ1) is 24.6. The Bertz CT molecular complexity index is 1760. The molecule has 0 radical (unpaired) electrons. The van der Waals surface area contributed by atoms with Crippen LogP contribution < -0.4 is 11.1 Å². The average molecular weight is 722 g/mol. The number of benzene rings is 2. The molecule has 0 saturated carbocycles. The van der Waals surface area contributed by atoms with Gasteiger partial charge in [0.05, 0.1) is 12.1 Å². The van der Waals surface area contributed by atoms with Gasteiger partial charge in [0.25, 0.3) is 0 Å². The number of amides is 4. The van der Waals surface area contributed by atoms with Gasteiger partial charge in [0.2, 0.25) is 23.6 Å². The van der Waals surface area contributed by atoms with E-state index in [0.717, 1.165) is 23.8 Å². The van der Waals surface area contributed by atoms with Crippen molar-refractivity contribution in [2.45, 2.75) is 78.4 Å². The first-order valence-electron chi connectivity index (χ1n) is 17.6. The highest BCUT2D eigenvalue weighted by molar-refractivity contribution is 6.03. The number of aliphatic hydroxyl groups excluding tert-OH is 1. The maximum atomic E-state index is 15.0. The third kappa shape index (κ3) is 10.2. The Balaban J connectivity index is 1.53. The number of hydrogen-bond acceptors (Lipinski definition) is 7. The zero-order valence-corrected chi connectivity index (χ0v) is 30.2. The Morgan fingerprint density at radius 1 is 1.04 bits per heavy atom. The number of halogens is 2. The Labute approximate surface area is 303 Å². The number of ketones is 1. The van der Waals surface area contributed by atoms with E-state index in [9.17, 15) is 33.5 Å². The van der Waals surface area contributed by atoms with Gasteiger partial charge >= 0.3 is 0 Å². The number of nitrogens with one attached hydrogen (secondary N) is 1. The van der Waals surface area contributed by atoms with Crippen LogP contribution in [0, 0.1) is 23.0 Å². The lowest BCUT2D eigenvalue weighted by molar-refractivity contribution is -0.141. The lowest BCUT2D eigenvalue weighted by atomic mass is 9.82. The van der Waals surface area contributed by atoms with Gasteiger partial charge in [-0.05, 0) is 41.7 Å². The van der Waals surface area contributed by atoms with Gasteiger partial charge in [-0.15, -0.1) is 0 Å². The molecule has 1 aliphatic rings. The van der Waals surface area contributed by atoms with Crippen LogP contribution in [0.1, 0.15) is 77.1 Å². The van der Waals surface area contributed by atoms with Crippen LogP contribution in [-0.2, 0) is 30.5 Å². The maximum absolute atomic E-state index is 15.0. The number of nitrogens with two attached hydrogens (primary N) is 1. The molecule has 13 heteroatoms. The third-order valence-electron chi connectivity index (χ3n) is 9.24. The van der Waals surface area contributed by atoms with Crippen LogP contribution in [0.4, 0.5) is 8.78 Å². The highest BCUT2D eigenvalue weighted by Crippen LogP contribution is 2.41. The fourth-order valence-electron chi connectivity index (χ4n) is 6.67. The molecule has 0 bridgehead atoms. The summed E-state index contributed by atoms with van der Waals surface area (Å²) in [6.45, 7) is 6.95. The second-order valence-corrected chi connectivity index (χ2v) is 14.5. The quantitative estimate of drug-likeness (QED) is 0.175. The summed E-state index contributed by atoms with van der Waals surface area (Å²) in [6, 6.07) is 12.9. The summed E-state index contributed by atoms with van der Waals surface area (Å²) in [5.74, 6) is -3.33. The van der Waals surface area contributed by atoms with Gasteiger partial charge in [-0.25, -0.2) is 8.78 Å². The number of Topliss-reactive ketones (excluding diaryl/α,β-unsaturated/α-hetero) is 1. The second kappa shape index (κ2) is 17.6. The number of imide groups is 1. The van der Waals surface area contributed by atoms with Crippen LogP contribution in [0.3, 0.4) is 0 Å². The molecule has 11 nitrogen and oxygen atoms in total. The molecular weight excluding hydrogens is 672 g/mol. The topological polar surface area (TPSA) is 155 Å². The van der Waals surface area contributed by atoms with E-state index in [1.54, 1.807) is 19.2 Å². The van der Waals surface area contributed by atoms with Crippen LogP contribution in [-0.4, -0.2) is 81.2 Å². The predicted octanol–water partition coefficient (Wildman–Crippen LogP) is 4.36. The molecule has 1 aliphatic heterocycles. The van der Waals surface area contributed by atoms with Crippen molar-refractivity contribution in [2.75, 3.05) is 26.2 Å². The van der Waals surface area contributed by atoms with E-state index < -0.39 is 47.6 Å². The molecule has 4 rings (SSSR count). The minimum absolute atomic E-state index is 0.0509. The van der Waals surface area contributed by atoms with Crippen molar-refractivity contribution in [1.29, 1.82) is 0 Å². The van der Waals surface area contributed by atoms with Crippen molar-refractivity contribution in [2.24, 2.45) is 17.1 Å². The van der Waals surface area contributed by atoms with Crippen molar-refractivity contribution < 1.29 is 37.9 Å². The molecule has 2 heterocycles. The summed E-state index contributed by atoms with van der Waals surface area (Å²) in [5, 5.41) is 12.9. The number of nitrogens with zero attached hydrogens (tertiary/aromatic N) is 3. The molecular formula is C39H49F2N5O6. The summed E-state index contributed by atoms with van der Waals surface area (Å²) < 4.78 is 31.2. The number of carbonyl (C=O) groups excluding carboxylic acids is 5. The van der Waals surface area contributed by atoms with Gasteiger partial charge in [-0.2, -0.15) is 0 Å². The van der Waals surface area contributed by atoms with Crippen molar-refractivity contribution in [1.82, 2.24) is 19.7 Å². The monoisotopic (exact) mass is 721 g/mol. The summed E-state index contributed by atoms with van der Waals surface area (Å²) in [4.78, 5) is 65.9. The van der Waals surface area contributed by atoms with E-state index in [2.05, 4.69) is 5.32 Å². The maximum Gasteiger partial charge on any atom is 0.248 e. The van der Waals surface area contributed by atoms with E-state index in [-0.39, 0.29) is 74.4 Å². The summed E-state index contributed by atoms with van der Waals surface area (Å²) in [5.41, 5.74) is 7.38. The number of aliphatic hydroxyl groups is 1. The molecule has 4 N–H and O–H groups in total.